The minimum absolute atomic E-state index is 0.0423. The molecule has 0 aliphatic rings. The summed E-state index contributed by atoms with van der Waals surface area (Å²) in [4.78, 5) is 12.1. The summed E-state index contributed by atoms with van der Waals surface area (Å²) in [6.45, 7) is 4.94. The van der Waals surface area contributed by atoms with Crippen molar-refractivity contribution in [3.05, 3.63) is 52.5 Å². The molecule has 5 heteroatoms. The number of rotatable bonds is 10. The standard InChI is InChI=1S/C21H26BrNO3/c1-3-5-6-13-25-18-10-8-17(9-11-18)23-21(24)15-26-20-12-7-16(4-2)14-19(20)22/h7-12,14H,3-6,13,15H2,1-2H3,(H,23,24). The van der Waals surface area contributed by atoms with Crippen LogP contribution in [0.15, 0.2) is 46.9 Å². The molecule has 0 aliphatic heterocycles. The highest BCUT2D eigenvalue weighted by Gasteiger charge is 2.07. The number of benzene rings is 2. The fourth-order valence-corrected chi connectivity index (χ4v) is 2.94. The second kappa shape index (κ2) is 10.9. The second-order valence-corrected chi connectivity index (χ2v) is 6.89. The van der Waals surface area contributed by atoms with Crippen molar-refractivity contribution in [1.82, 2.24) is 0 Å². The van der Waals surface area contributed by atoms with Crippen LogP contribution < -0.4 is 14.8 Å². The van der Waals surface area contributed by atoms with Gasteiger partial charge >= 0.3 is 0 Å². The van der Waals surface area contributed by atoms with Crippen LogP contribution in [0.2, 0.25) is 0 Å². The van der Waals surface area contributed by atoms with Gasteiger partial charge in [-0.25, -0.2) is 0 Å². The molecule has 0 aromatic heterocycles. The molecule has 0 atom stereocenters. The Labute approximate surface area is 164 Å². The lowest BCUT2D eigenvalue weighted by Gasteiger charge is -2.10. The molecule has 4 nitrogen and oxygen atoms in total. The summed E-state index contributed by atoms with van der Waals surface area (Å²) >= 11 is 3.47. The van der Waals surface area contributed by atoms with E-state index in [1.807, 2.05) is 42.5 Å². The van der Waals surface area contributed by atoms with Crippen LogP contribution in [0.4, 0.5) is 5.69 Å². The first-order chi connectivity index (χ1) is 12.6. The van der Waals surface area contributed by atoms with Crippen molar-refractivity contribution in [2.24, 2.45) is 0 Å². The molecule has 0 bridgehead atoms. The maximum atomic E-state index is 12.1. The van der Waals surface area contributed by atoms with E-state index in [1.165, 1.54) is 18.4 Å². The first-order valence-electron chi connectivity index (χ1n) is 9.06. The van der Waals surface area contributed by atoms with Crippen molar-refractivity contribution < 1.29 is 14.3 Å². The van der Waals surface area contributed by atoms with Crippen LogP contribution in [0.5, 0.6) is 11.5 Å². The Kier molecular flexibility index (Phi) is 8.48. The lowest BCUT2D eigenvalue weighted by atomic mass is 10.2. The van der Waals surface area contributed by atoms with Gasteiger partial charge in [-0.1, -0.05) is 32.8 Å². The third kappa shape index (κ3) is 6.71. The summed E-state index contributed by atoms with van der Waals surface area (Å²) in [5.74, 6) is 1.27. The first-order valence-corrected chi connectivity index (χ1v) is 9.85. The zero-order chi connectivity index (χ0) is 18.8. The number of carbonyl (C=O) groups is 1. The average molecular weight is 420 g/mol. The minimum Gasteiger partial charge on any atom is -0.494 e. The summed E-state index contributed by atoms with van der Waals surface area (Å²) in [6.07, 6.45) is 4.36. The van der Waals surface area contributed by atoms with Crippen LogP contribution in [0.1, 0.15) is 38.7 Å². The van der Waals surface area contributed by atoms with Gasteiger partial charge in [-0.2, -0.15) is 0 Å². The summed E-state index contributed by atoms with van der Waals surface area (Å²) in [5, 5.41) is 2.82. The van der Waals surface area contributed by atoms with E-state index in [2.05, 4.69) is 35.1 Å². The van der Waals surface area contributed by atoms with Crippen molar-refractivity contribution in [1.29, 1.82) is 0 Å². The highest BCUT2D eigenvalue weighted by molar-refractivity contribution is 9.10. The van der Waals surface area contributed by atoms with E-state index >= 15 is 0 Å². The van der Waals surface area contributed by atoms with Gasteiger partial charge in [-0.3, -0.25) is 4.79 Å². The third-order valence-corrected chi connectivity index (χ3v) is 4.54. The van der Waals surface area contributed by atoms with Gasteiger partial charge in [0, 0.05) is 5.69 Å². The molecule has 0 saturated heterocycles. The second-order valence-electron chi connectivity index (χ2n) is 6.04. The lowest BCUT2D eigenvalue weighted by molar-refractivity contribution is -0.118. The van der Waals surface area contributed by atoms with E-state index in [0.717, 1.165) is 35.4 Å². The number of carbonyl (C=O) groups excluding carboxylic acids is 1. The maximum Gasteiger partial charge on any atom is 0.262 e. The Balaban J connectivity index is 1.78. The quantitative estimate of drug-likeness (QED) is 0.509. The van der Waals surface area contributed by atoms with Gasteiger partial charge in [0.25, 0.3) is 5.91 Å². The number of unbranched alkanes of at least 4 members (excludes halogenated alkanes) is 2. The molecule has 1 N–H and O–H groups in total. The van der Waals surface area contributed by atoms with Crippen LogP contribution in [0, 0.1) is 0 Å². The van der Waals surface area contributed by atoms with Crippen LogP contribution in [-0.4, -0.2) is 19.1 Å². The summed E-state index contributed by atoms with van der Waals surface area (Å²) < 4.78 is 12.1. The predicted molar refractivity (Wildman–Crippen MR) is 109 cm³/mol. The van der Waals surface area contributed by atoms with Gasteiger partial charge in [0.15, 0.2) is 6.61 Å². The van der Waals surface area contributed by atoms with Crippen molar-refractivity contribution in [3.8, 4) is 11.5 Å². The van der Waals surface area contributed by atoms with Crippen molar-refractivity contribution in [2.45, 2.75) is 39.5 Å². The van der Waals surface area contributed by atoms with Crippen LogP contribution in [0.25, 0.3) is 0 Å². The van der Waals surface area contributed by atoms with Crippen molar-refractivity contribution in [3.63, 3.8) is 0 Å². The zero-order valence-corrected chi connectivity index (χ0v) is 17.0. The number of halogens is 1. The maximum absolute atomic E-state index is 12.1. The fraction of sp³-hybridized carbons (Fsp3) is 0.381. The SMILES string of the molecule is CCCCCOc1ccc(NC(=O)COc2ccc(CC)cc2Br)cc1. The number of amides is 1. The lowest BCUT2D eigenvalue weighted by Crippen LogP contribution is -2.20. The van der Waals surface area contributed by atoms with E-state index in [0.29, 0.717) is 5.75 Å². The number of hydrogen-bond acceptors (Lipinski definition) is 3. The van der Waals surface area contributed by atoms with Gasteiger partial charge < -0.3 is 14.8 Å². The topological polar surface area (TPSA) is 47.6 Å². The Hall–Kier alpha value is -2.01. The molecule has 2 rings (SSSR count). The molecule has 0 heterocycles. The fourth-order valence-electron chi connectivity index (χ4n) is 2.40. The number of aryl methyl sites for hydroxylation is 1. The molecule has 2 aromatic carbocycles. The smallest absolute Gasteiger partial charge is 0.262 e. The molecule has 0 saturated carbocycles. The van der Waals surface area contributed by atoms with E-state index in [9.17, 15) is 4.79 Å². The molecule has 2 aromatic rings. The molecule has 0 fully saturated rings. The van der Waals surface area contributed by atoms with Gasteiger partial charge in [-0.05, 0) is 70.7 Å². The molecule has 0 spiro atoms. The Bertz CT molecular complexity index is 701. The Morgan fingerprint density at radius 2 is 1.81 bits per heavy atom. The van der Waals surface area contributed by atoms with Gasteiger partial charge in [0.2, 0.25) is 0 Å². The number of nitrogens with one attached hydrogen (secondary N) is 1. The summed E-state index contributed by atoms with van der Waals surface area (Å²) in [6, 6.07) is 13.3. The van der Waals surface area contributed by atoms with Gasteiger partial charge in [-0.15, -0.1) is 0 Å². The predicted octanol–water partition coefficient (Wildman–Crippen LogP) is 5.60. The minimum atomic E-state index is -0.201. The Morgan fingerprint density at radius 1 is 1.04 bits per heavy atom. The van der Waals surface area contributed by atoms with Gasteiger partial charge in [0.05, 0.1) is 11.1 Å². The molecular formula is C21H26BrNO3. The summed E-state index contributed by atoms with van der Waals surface area (Å²) in [5.41, 5.74) is 1.94. The van der Waals surface area contributed by atoms with E-state index in [4.69, 9.17) is 9.47 Å². The molecule has 1 amide bonds. The zero-order valence-electron chi connectivity index (χ0n) is 15.4. The van der Waals surface area contributed by atoms with E-state index < -0.39 is 0 Å². The van der Waals surface area contributed by atoms with Crippen LogP contribution >= 0.6 is 15.9 Å². The number of hydrogen-bond donors (Lipinski definition) is 1. The average Bonchev–Trinajstić information content (AvgIpc) is 2.65. The Morgan fingerprint density at radius 3 is 2.46 bits per heavy atom. The molecular weight excluding hydrogens is 394 g/mol. The molecule has 0 radical (unpaired) electrons. The highest BCUT2D eigenvalue weighted by Crippen LogP contribution is 2.26. The van der Waals surface area contributed by atoms with Crippen LogP contribution in [-0.2, 0) is 11.2 Å². The van der Waals surface area contributed by atoms with Crippen molar-refractivity contribution in [2.75, 3.05) is 18.5 Å². The third-order valence-electron chi connectivity index (χ3n) is 3.92. The van der Waals surface area contributed by atoms with E-state index in [1.54, 1.807) is 0 Å². The number of anilines is 1. The largest absolute Gasteiger partial charge is 0.494 e. The summed E-state index contributed by atoms with van der Waals surface area (Å²) in [7, 11) is 0. The van der Waals surface area contributed by atoms with E-state index in [-0.39, 0.29) is 12.5 Å². The van der Waals surface area contributed by atoms with Crippen molar-refractivity contribution >= 4 is 27.5 Å². The molecule has 140 valence electrons. The molecule has 26 heavy (non-hydrogen) atoms. The number of ether oxygens (including phenoxy) is 2. The first kappa shape index (κ1) is 20.3. The molecule has 0 unspecified atom stereocenters. The highest BCUT2D eigenvalue weighted by atomic mass is 79.9. The normalized spacial score (nSPS) is 10.4. The molecule has 0 aliphatic carbocycles. The van der Waals surface area contributed by atoms with Crippen LogP contribution in [0.3, 0.4) is 0 Å². The van der Waals surface area contributed by atoms with Gasteiger partial charge in [0.1, 0.15) is 11.5 Å². The monoisotopic (exact) mass is 419 g/mol.